The highest BCUT2D eigenvalue weighted by atomic mass is 16.7. The van der Waals surface area contributed by atoms with Gasteiger partial charge in [-0.05, 0) is 48.3 Å². The molecule has 4 rings (SSSR count). The molecular formula is C24H35N3O3. The number of hydrogen-bond acceptors (Lipinski definition) is 5. The lowest BCUT2D eigenvalue weighted by Crippen LogP contribution is -2.47. The average Bonchev–Trinajstić information content (AvgIpc) is 3.14. The summed E-state index contributed by atoms with van der Waals surface area (Å²) < 4.78 is 0. The summed E-state index contributed by atoms with van der Waals surface area (Å²) in [6.45, 7) is 7.98. The number of amides is 1. The third kappa shape index (κ3) is 4.98. The number of carbonyl (C=O) groups is 1. The summed E-state index contributed by atoms with van der Waals surface area (Å²) in [6.07, 6.45) is 9.19. The molecule has 30 heavy (non-hydrogen) atoms. The Balaban J connectivity index is 1.30. The Morgan fingerprint density at radius 3 is 2.43 bits per heavy atom. The largest absolute Gasteiger partial charge is 0.426 e. The summed E-state index contributed by atoms with van der Waals surface area (Å²) in [5.41, 5.74) is 6.39. The number of benzene rings is 1. The Kier molecular flexibility index (Phi) is 6.07. The number of nitrogens with zero attached hydrogens (tertiary/aromatic N) is 1. The molecule has 6 nitrogen and oxygen atoms in total. The van der Waals surface area contributed by atoms with Crippen LogP contribution < -0.4 is 10.8 Å². The van der Waals surface area contributed by atoms with Gasteiger partial charge in [0, 0.05) is 19.1 Å². The van der Waals surface area contributed by atoms with E-state index in [1.54, 1.807) is 5.06 Å². The number of carbonyl (C=O) groups excluding carboxylic acids is 1. The highest BCUT2D eigenvalue weighted by Gasteiger charge is 2.40. The SMILES string of the molecule is CC(C)(C)c1ccc(C2=CC3(CCN(OC(=O)NC4CCCCC4)CC3)ON2)cc1. The zero-order valence-electron chi connectivity index (χ0n) is 18.5. The first-order valence-corrected chi connectivity index (χ1v) is 11.3. The van der Waals surface area contributed by atoms with Crippen LogP contribution in [-0.2, 0) is 15.1 Å². The molecule has 2 N–H and O–H groups in total. The third-order valence-electron chi connectivity index (χ3n) is 6.54. The van der Waals surface area contributed by atoms with Crippen molar-refractivity contribution in [1.29, 1.82) is 0 Å². The van der Waals surface area contributed by atoms with Gasteiger partial charge in [-0.3, -0.25) is 10.3 Å². The summed E-state index contributed by atoms with van der Waals surface area (Å²) in [6, 6.07) is 8.93. The van der Waals surface area contributed by atoms with E-state index in [-0.39, 0.29) is 23.2 Å². The van der Waals surface area contributed by atoms with Crippen molar-refractivity contribution in [3.05, 3.63) is 41.5 Å². The van der Waals surface area contributed by atoms with Gasteiger partial charge in [-0.1, -0.05) is 64.3 Å². The van der Waals surface area contributed by atoms with Gasteiger partial charge in [-0.25, -0.2) is 4.79 Å². The molecule has 0 radical (unpaired) electrons. The van der Waals surface area contributed by atoms with Gasteiger partial charge in [0.1, 0.15) is 5.60 Å². The number of nitrogens with one attached hydrogen (secondary N) is 2. The predicted molar refractivity (Wildman–Crippen MR) is 117 cm³/mol. The maximum atomic E-state index is 12.2. The van der Waals surface area contributed by atoms with Gasteiger partial charge >= 0.3 is 6.09 Å². The van der Waals surface area contributed by atoms with Crippen LogP contribution in [0.3, 0.4) is 0 Å². The second-order valence-corrected chi connectivity index (χ2v) is 9.94. The van der Waals surface area contributed by atoms with Crippen LogP contribution in [-0.4, -0.2) is 35.9 Å². The van der Waals surface area contributed by atoms with Gasteiger partial charge in [0.2, 0.25) is 0 Å². The number of piperidine rings is 1. The fourth-order valence-corrected chi connectivity index (χ4v) is 4.53. The van der Waals surface area contributed by atoms with Crippen LogP contribution in [0, 0.1) is 0 Å². The molecule has 6 heteroatoms. The highest BCUT2D eigenvalue weighted by Crippen LogP contribution is 2.35. The maximum absolute atomic E-state index is 12.2. The summed E-state index contributed by atoms with van der Waals surface area (Å²) in [7, 11) is 0. The molecule has 3 aliphatic rings. The lowest BCUT2D eigenvalue weighted by Gasteiger charge is -2.35. The molecule has 0 unspecified atom stereocenters. The van der Waals surface area contributed by atoms with Crippen LogP contribution in [0.1, 0.15) is 76.8 Å². The fraction of sp³-hybridized carbons (Fsp3) is 0.625. The molecule has 1 saturated heterocycles. The Morgan fingerprint density at radius 1 is 1.13 bits per heavy atom. The minimum Gasteiger partial charge on any atom is -0.351 e. The van der Waals surface area contributed by atoms with E-state index in [0.29, 0.717) is 13.1 Å². The van der Waals surface area contributed by atoms with Crippen molar-refractivity contribution in [1.82, 2.24) is 15.9 Å². The Hall–Kier alpha value is -2.05. The van der Waals surface area contributed by atoms with Gasteiger partial charge in [-0.15, -0.1) is 5.06 Å². The van der Waals surface area contributed by atoms with E-state index in [2.05, 4.69) is 61.9 Å². The standard InChI is InChI=1S/C24H35N3O3/c1-23(2,3)19-11-9-18(10-12-19)21-17-24(30-26-21)13-15-27(16-14-24)29-22(28)25-20-7-5-4-6-8-20/h9-12,17,20,26H,4-8,13-16H2,1-3H3,(H,25,28). The van der Waals surface area contributed by atoms with Gasteiger partial charge < -0.3 is 10.2 Å². The van der Waals surface area contributed by atoms with Crippen LogP contribution in [0.25, 0.3) is 5.70 Å². The highest BCUT2D eigenvalue weighted by molar-refractivity contribution is 5.67. The lowest BCUT2D eigenvalue weighted by molar-refractivity contribution is -0.157. The van der Waals surface area contributed by atoms with Crippen LogP contribution in [0.4, 0.5) is 4.79 Å². The van der Waals surface area contributed by atoms with Crippen LogP contribution >= 0.6 is 0 Å². The monoisotopic (exact) mass is 413 g/mol. The van der Waals surface area contributed by atoms with Crippen molar-refractivity contribution in [2.24, 2.45) is 0 Å². The third-order valence-corrected chi connectivity index (χ3v) is 6.54. The van der Waals surface area contributed by atoms with Crippen molar-refractivity contribution >= 4 is 11.8 Å². The Bertz CT molecular complexity index is 768. The molecule has 164 valence electrons. The van der Waals surface area contributed by atoms with Gasteiger partial charge in [0.15, 0.2) is 0 Å². The van der Waals surface area contributed by atoms with Gasteiger partial charge in [0.05, 0.1) is 5.70 Å². The summed E-state index contributed by atoms with van der Waals surface area (Å²) in [4.78, 5) is 23.7. The van der Waals surface area contributed by atoms with E-state index >= 15 is 0 Å². The van der Waals surface area contributed by atoms with E-state index in [4.69, 9.17) is 9.68 Å². The van der Waals surface area contributed by atoms with Gasteiger partial charge in [-0.2, -0.15) is 0 Å². The molecular weight excluding hydrogens is 378 g/mol. The lowest BCUT2D eigenvalue weighted by atomic mass is 9.86. The van der Waals surface area contributed by atoms with E-state index in [9.17, 15) is 4.79 Å². The molecule has 1 saturated carbocycles. The molecule has 1 spiro atoms. The Labute approximate surface area is 179 Å². The zero-order valence-corrected chi connectivity index (χ0v) is 18.5. The number of rotatable bonds is 3. The first-order valence-electron chi connectivity index (χ1n) is 11.3. The molecule has 2 fully saturated rings. The second kappa shape index (κ2) is 8.60. The fourth-order valence-electron chi connectivity index (χ4n) is 4.53. The molecule has 1 aromatic rings. The molecule has 0 atom stereocenters. The van der Waals surface area contributed by atoms with Crippen molar-refractivity contribution in [2.75, 3.05) is 13.1 Å². The predicted octanol–water partition coefficient (Wildman–Crippen LogP) is 4.67. The second-order valence-electron chi connectivity index (χ2n) is 9.94. The zero-order chi connectivity index (χ0) is 21.2. The summed E-state index contributed by atoms with van der Waals surface area (Å²) in [5, 5.41) is 4.77. The van der Waals surface area contributed by atoms with Crippen LogP contribution in [0.15, 0.2) is 30.3 Å². The normalized spacial score (nSPS) is 22.4. The molecule has 0 aromatic heterocycles. The summed E-state index contributed by atoms with van der Waals surface area (Å²) in [5.74, 6) is 0. The van der Waals surface area contributed by atoms with Gasteiger partial charge in [0.25, 0.3) is 0 Å². The molecule has 2 aliphatic heterocycles. The van der Waals surface area contributed by atoms with Crippen molar-refractivity contribution < 1.29 is 14.5 Å². The van der Waals surface area contributed by atoms with E-state index in [0.717, 1.165) is 36.9 Å². The quantitative estimate of drug-likeness (QED) is 0.754. The molecule has 1 amide bonds. The number of hydrogen-bond donors (Lipinski definition) is 2. The first-order chi connectivity index (χ1) is 14.3. The minimum atomic E-state index is -0.336. The van der Waals surface area contributed by atoms with E-state index < -0.39 is 0 Å². The maximum Gasteiger partial charge on any atom is 0.426 e. The topological polar surface area (TPSA) is 62.8 Å². The first kappa shape index (κ1) is 21.2. The molecule has 1 aromatic carbocycles. The van der Waals surface area contributed by atoms with Crippen molar-refractivity contribution in [2.45, 2.75) is 82.8 Å². The molecule has 1 aliphatic carbocycles. The van der Waals surface area contributed by atoms with Crippen molar-refractivity contribution in [3.8, 4) is 0 Å². The Morgan fingerprint density at radius 2 is 1.80 bits per heavy atom. The van der Waals surface area contributed by atoms with E-state index in [1.165, 1.54) is 24.8 Å². The summed E-state index contributed by atoms with van der Waals surface area (Å²) >= 11 is 0. The van der Waals surface area contributed by atoms with Crippen LogP contribution in [0.5, 0.6) is 0 Å². The number of hydroxylamine groups is 3. The molecule has 0 bridgehead atoms. The van der Waals surface area contributed by atoms with Crippen molar-refractivity contribution in [3.63, 3.8) is 0 Å². The minimum absolute atomic E-state index is 0.143. The van der Waals surface area contributed by atoms with E-state index in [1.807, 2.05) is 0 Å². The smallest absolute Gasteiger partial charge is 0.351 e. The average molecular weight is 414 g/mol. The molecule has 2 heterocycles. The van der Waals surface area contributed by atoms with Crippen LogP contribution in [0.2, 0.25) is 0 Å².